The lowest BCUT2D eigenvalue weighted by Gasteiger charge is -2.22. The van der Waals surface area contributed by atoms with Crippen molar-refractivity contribution in [3.63, 3.8) is 0 Å². The summed E-state index contributed by atoms with van der Waals surface area (Å²) in [5, 5.41) is 20.8. The molecule has 0 bridgehead atoms. The number of aliphatic hydroxyl groups is 2. The van der Waals surface area contributed by atoms with Gasteiger partial charge in [0.15, 0.2) is 11.5 Å². The van der Waals surface area contributed by atoms with Gasteiger partial charge < -0.3 is 45.1 Å². The van der Waals surface area contributed by atoms with Crippen LogP contribution in [0.1, 0.15) is 25.3 Å². The molecule has 5 rings (SSSR count). The van der Waals surface area contributed by atoms with Gasteiger partial charge in [-0.25, -0.2) is 19.7 Å². The minimum absolute atomic E-state index is 0.0671. The predicted molar refractivity (Wildman–Crippen MR) is 130 cm³/mol. The van der Waals surface area contributed by atoms with Crippen molar-refractivity contribution in [3.05, 3.63) is 35.4 Å². The lowest BCUT2D eigenvalue weighted by molar-refractivity contribution is -0.0525. The summed E-state index contributed by atoms with van der Waals surface area (Å²) in [5.41, 5.74) is 11.6. The van der Waals surface area contributed by atoms with Crippen molar-refractivity contribution in [1.29, 1.82) is 0 Å². The Morgan fingerprint density at radius 3 is 2.30 bits per heavy atom. The Hall–Kier alpha value is -2.60. The van der Waals surface area contributed by atoms with Gasteiger partial charge in [0.1, 0.15) is 42.3 Å². The van der Waals surface area contributed by atoms with Crippen molar-refractivity contribution in [2.75, 3.05) is 24.7 Å². The van der Waals surface area contributed by atoms with E-state index in [-0.39, 0.29) is 37.7 Å². The molecule has 0 aliphatic carbocycles. The lowest BCUT2D eigenvalue weighted by atomic mass is 10.2. The molecule has 7 N–H and O–H groups in total. The van der Waals surface area contributed by atoms with Crippen LogP contribution in [0.3, 0.4) is 0 Å². The summed E-state index contributed by atoms with van der Waals surface area (Å²) in [6, 6.07) is 1.44. The Labute approximate surface area is 214 Å². The molecule has 2 fully saturated rings. The van der Waals surface area contributed by atoms with Gasteiger partial charge in [0.2, 0.25) is 0 Å². The Kier molecular flexibility index (Phi) is 7.23. The summed E-state index contributed by atoms with van der Waals surface area (Å²) in [6.07, 6.45) is -0.498. The normalized spacial score (nSPS) is 29.6. The number of nitrogens with zero attached hydrogens (tertiary/aromatic N) is 6. The molecule has 18 heteroatoms. The molecule has 0 saturated carbocycles. The van der Waals surface area contributed by atoms with E-state index in [1.54, 1.807) is 4.57 Å². The van der Waals surface area contributed by atoms with Crippen LogP contribution < -0.4 is 17.2 Å². The van der Waals surface area contributed by atoms with Crippen LogP contribution in [-0.2, 0) is 30.3 Å². The summed E-state index contributed by atoms with van der Waals surface area (Å²) in [5.74, 6) is 0.290. The second-order valence-electron chi connectivity index (χ2n) is 8.55. The van der Waals surface area contributed by atoms with Crippen LogP contribution in [-0.4, -0.2) is 81.8 Å². The van der Waals surface area contributed by atoms with Crippen molar-refractivity contribution in [3.8, 4) is 0 Å². The third kappa shape index (κ3) is 5.50. The van der Waals surface area contributed by atoms with E-state index in [1.807, 2.05) is 0 Å². The SMILES string of the molecule is Nc1ccn(C2CC(O)C(COP(O)(=S)OCC3OC(n4cnc5c(N)ncnc54)CC3O)O2)c(=O)n1. The number of aromatic nitrogens is 6. The maximum Gasteiger partial charge on any atom is 0.351 e. The fraction of sp³-hybridized carbons (Fsp3) is 0.526. The summed E-state index contributed by atoms with van der Waals surface area (Å²) in [6.45, 7) is -4.33. The maximum atomic E-state index is 12.0. The van der Waals surface area contributed by atoms with E-state index in [2.05, 4.69) is 19.9 Å². The number of hydrogen-bond acceptors (Lipinski definition) is 14. The Bertz CT molecular complexity index is 1390. The fourth-order valence-corrected chi connectivity index (χ4v) is 5.28. The molecule has 2 aliphatic rings. The highest BCUT2D eigenvalue weighted by Gasteiger charge is 2.39. The van der Waals surface area contributed by atoms with Gasteiger partial charge in [0.05, 0.1) is 31.7 Å². The van der Waals surface area contributed by atoms with Gasteiger partial charge in [0.25, 0.3) is 0 Å². The molecular formula is C19H25N8O8PS. The molecule has 7 unspecified atom stereocenters. The summed E-state index contributed by atoms with van der Waals surface area (Å²) >= 11 is 5.06. The smallest absolute Gasteiger partial charge is 0.351 e. The van der Waals surface area contributed by atoms with Crippen LogP contribution in [0, 0.1) is 0 Å². The van der Waals surface area contributed by atoms with E-state index in [4.69, 9.17) is 41.8 Å². The molecule has 0 aromatic carbocycles. The standard InChI is InChI=1S/C19H25N8O8PS/c20-13-1-2-26(19(30)25-13)14-3-9(28)11(34-14)5-32-36(31,37)33-6-12-10(29)4-15(35-12)27-8-24-16-17(21)22-7-23-18(16)27/h1-2,7-12,14-15,28-29H,3-6H2,(H,31,37)(H2,20,25,30)(H2,21,22,23). The Morgan fingerprint density at radius 2 is 1.68 bits per heavy atom. The molecule has 2 aliphatic heterocycles. The lowest BCUT2D eigenvalue weighted by Crippen LogP contribution is -2.29. The quantitative estimate of drug-likeness (QED) is 0.205. The number of rotatable bonds is 8. The zero-order valence-electron chi connectivity index (χ0n) is 19.2. The van der Waals surface area contributed by atoms with Crippen LogP contribution in [0.25, 0.3) is 11.2 Å². The molecule has 37 heavy (non-hydrogen) atoms. The predicted octanol–water partition coefficient (Wildman–Crippen LogP) is -1.21. The highest BCUT2D eigenvalue weighted by Crippen LogP contribution is 2.46. The van der Waals surface area contributed by atoms with Gasteiger partial charge in [-0.2, -0.15) is 4.98 Å². The van der Waals surface area contributed by atoms with E-state index in [1.165, 1.54) is 29.5 Å². The second-order valence-corrected chi connectivity index (χ2v) is 11.4. The Morgan fingerprint density at radius 1 is 1.05 bits per heavy atom. The topological polar surface area (TPSA) is 228 Å². The maximum absolute atomic E-state index is 12.0. The number of ether oxygens (including phenoxy) is 2. The minimum atomic E-state index is -3.79. The number of aliphatic hydroxyl groups excluding tert-OH is 2. The van der Waals surface area contributed by atoms with Crippen LogP contribution >= 0.6 is 6.72 Å². The first-order valence-electron chi connectivity index (χ1n) is 11.2. The summed E-state index contributed by atoms with van der Waals surface area (Å²) in [7, 11) is 0. The molecule has 0 spiro atoms. The third-order valence-corrected chi connectivity index (χ3v) is 7.65. The molecule has 0 amide bonds. The number of imidazole rings is 1. The van der Waals surface area contributed by atoms with Gasteiger partial charge in [-0.15, -0.1) is 0 Å². The number of anilines is 2. The molecule has 0 radical (unpaired) electrons. The first-order valence-corrected chi connectivity index (χ1v) is 13.8. The average molecular weight is 556 g/mol. The van der Waals surface area contributed by atoms with Crippen LogP contribution in [0.4, 0.5) is 11.6 Å². The minimum Gasteiger partial charge on any atom is -0.390 e. The number of nitrogens with two attached hydrogens (primary N) is 2. The van der Waals surface area contributed by atoms with Crippen molar-refractivity contribution in [1.82, 2.24) is 29.1 Å². The molecule has 7 atom stereocenters. The monoisotopic (exact) mass is 556 g/mol. The number of nitrogen functional groups attached to an aromatic ring is 2. The zero-order chi connectivity index (χ0) is 26.3. The van der Waals surface area contributed by atoms with Crippen LogP contribution in [0.2, 0.25) is 0 Å². The molecule has 2 saturated heterocycles. The van der Waals surface area contributed by atoms with E-state index >= 15 is 0 Å². The molecule has 200 valence electrons. The van der Waals surface area contributed by atoms with Gasteiger partial charge in [-0.05, 0) is 17.9 Å². The molecule has 3 aromatic heterocycles. The van der Waals surface area contributed by atoms with Crippen molar-refractivity contribution >= 4 is 41.3 Å². The number of fused-ring (bicyclic) bond motifs is 1. The van der Waals surface area contributed by atoms with Gasteiger partial charge in [-0.3, -0.25) is 9.13 Å². The summed E-state index contributed by atoms with van der Waals surface area (Å²) < 4.78 is 25.1. The van der Waals surface area contributed by atoms with Crippen molar-refractivity contribution < 1.29 is 33.6 Å². The summed E-state index contributed by atoms with van der Waals surface area (Å²) in [4.78, 5) is 38.4. The zero-order valence-corrected chi connectivity index (χ0v) is 20.9. The van der Waals surface area contributed by atoms with Gasteiger partial charge >= 0.3 is 12.4 Å². The number of hydrogen-bond donors (Lipinski definition) is 5. The van der Waals surface area contributed by atoms with E-state index in [0.717, 1.165) is 0 Å². The first kappa shape index (κ1) is 26.0. The van der Waals surface area contributed by atoms with Gasteiger partial charge in [-0.1, -0.05) is 0 Å². The van der Waals surface area contributed by atoms with E-state index < -0.39 is 49.3 Å². The molecule has 3 aromatic rings. The highest BCUT2D eigenvalue weighted by atomic mass is 32.5. The largest absolute Gasteiger partial charge is 0.390 e. The molecular weight excluding hydrogens is 531 g/mol. The Balaban J connectivity index is 1.14. The third-order valence-electron chi connectivity index (χ3n) is 6.07. The van der Waals surface area contributed by atoms with E-state index in [9.17, 15) is 19.9 Å². The first-order chi connectivity index (χ1) is 17.6. The molecule has 16 nitrogen and oxygen atoms in total. The van der Waals surface area contributed by atoms with Crippen molar-refractivity contribution in [2.45, 2.75) is 49.7 Å². The molecule has 5 heterocycles. The van der Waals surface area contributed by atoms with Crippen LogP contribution in [0.15, 0.2) is 29.7 Å². The fourth-order valence-electron chi connectivity index (χ4n) is 4.17. The van der Waals surface area contributed by atoms with Crippen LogP contribution in [0.5, 0.6) is 0 Å². The highest BCUT2D eigenvalue weighted by molar-refractivity contribution is 8.07. The second kappa shape index (κ2) is 10.3. The van der Waals surface area contributed by atoms with Gasteiger partial charge in [0, 0.05) is 19.0 Å². The van der Waals surface area contributed by atoms with Crippen molar-refractivity contribution in [2.24, 2.45) is 0 Å². The average Bonchev–Trinajstić information content (AvgIpc) is 3.53. The van der Waals surface area contributed by atoms with E-state index in [0.29, 0.717) is 11.2 Å².